The molecule has 0 unspecified atom stereocenters. The minimum atomic E-state index is -0.196. The molecule has 2 aromatic carbocycles. The van der Waals surface area contributed by atoms with Gasteiger partial charge in [-0.15, -0.1) is 24.0 Å². The van der Waals surface area contributed by atoms with Crippen LogP contribution >= 0.6 is 24.0 Å². The van der Waals surface area contributed by atoms with Crippen molar-refractivity contribution in [2.24, 2.45) is 4.99 Å². The zero-order valence-corrected chi connectivity index (χ0v) is 19.5. The Morgan fingerprint density at radius 2 is 1.79 bits per heavy atom. The van der Waals surface area contributed by atoms with Crippen molar-refractivity contribution in [1.29, 1.82) is 0 Å². The maximum absolute atomic E-state index is 13.2. The number of nitrogens with zero attached hydrogens (tertiary/aromatic N) is 2. The molecule has 0 saturated carbocycles. The van der Waals surface area contributed by atoms with Crippen LogP contribution in [0.2, 0.25) is 0 Å². The van der Waals surface area contributed by atoms with E-state index in [-0.39, 0.29) is 29.8 Å². The molecule has 2 rings (SSSR count). The maximum atomic E-state index is 13.2. The highest BCUT2D eigenvalue weighted by Gasteiger charge is 2.08. The number of benzene rings is 2. The Kier molecular flexibility index (Phi) is 11.1. The predicted octanol–water partition coefficient (Wildman–Crippen LogP) is 4.19. The van der Waals surface area contributed by atoms with Crippen LogP contribution in [-0.2, 0) is 19.5 Å². The number of rotatable bonds is 8. The first kappa shape index (κ1) is 24.4. The van der Waals surface area contributed by atoms with E-state index in [1.165, 1.54) is 17.2 Å². The monoisotopic (exact) mass is 498 g/mol. The standard InChI is InChI=1S/C22H31FN4.HI/c1-17(2)27(4)16-20-10-6-5-9-19(20)15-26-22(24-3)25-13-12-18-8-7-11-21(23)14-18;/h5-11,14,17H,12-13,15-16H2,1-4H3,(H2,24,25,26);1H. The van der Waals surface area contributed by atoms with Gasteiger partial charge in [-0.2, -0.15) is 0 Å². The highest BCUT2D eigenvalue weighted by atomic mass is 127. The number of hydrogen-bond acceptors (Lipinski definition) is 2. The molecule has 0 radical (unpaired) electrons. The van der Waals surface area contributed by atoms with Crippen molar-refractivity contribution in [3.63, 3.8) is 0 Å². The van der Waals surface area contributed by atoms with Crippen LogP contribution in [0.5, 0.6) is 0 Å². The Morgan fingerprint density at radius 3 is 2.43 bits per heavy atom. The average Bonchev–Trinajstić information content (AvgIpc) is 2.65. The lowest BCUT2D eigenvalue weighted by Gasteiger charge is -2.23. The van der Waals surface area contributed by atoms with Crippen LogP contribution in [0, 0.1) is 5.82 Å². The smallest absolute Gasteiger partial charge is 0.191 e. The minimum Gasteiger partial charge on any atom is -0.356 e. The molecule has 0 amide bonds. The SMILES string of the molecule is CN=C(NCCc1cccc(F)c1)NCc1ccccc1CN(C)C(C)C.I. The average molecular weight is 498 g/mol. The van der Waals surface area contributed by atoms with Crippen LogP contribution in [0.15, 0.2) is 53.5 Å². The van der Waals surface area contributed by atoms with E-state index in [9.17, 15) is 4.39 Å². The van der Waals surface area contributed by atoms with Crippen LogP contribution in [-0.4, -0.2) is 37.5 Å². The molecular weight excluding hydrogens is 466 g/mol. The molecule has 0 aliphatic carbocycles. The quantitative estimate of drug-likeness (QED) is 0.326. The Morgan fingerprint density at radius 1 is 1.07 bits per heavy atom. The van der Waals surface area contributed by atoms with Gasteiger partial charge >= 0.3 is 0 Å². The lowest BCUT2D eigenvalue weighted by atomic mass is 10.1. The number of guanidine groups is 1. The molecule has 154 valence electrons. The summed E-state index contributed by atoms with van der Waals surface area (Å²) in [6, 6.07) is 15.7. The predicted molar refractivity (Wildman–Crippen MR) is 127 cm³/mol. The Balaban J connectivity index is 0.00000392. The summed E-state index contributed by atoms with van der Waals surface area (Å²) in [4.78, 5) is 6.60. The van der Waals surface area contributed by atoms with E-state index in [1.54, 1.807) is 19.2 Å². The van der Waals surface area contributed by atoms with Crippen LogP contribution < -0.4 is 10.6 Å². The normalized spacial score (nSPS) is 11.5. The lowest BCUT2D eigenvalue weighted by Crippen LogP contribution is -2.38. The van der Waals surface area contributed by atoms with Gasteiger partial charge in [0.1, 0.15) is 5.82 Å². The van der Waals surface area contributed by atoms with Gasteiger partial charge in [0.25, 0.3) is 0 Å². The topological polar surface area (TPSA) is 39.7 Å². The molecule has 0 aromatic heterocycles. The van der Waals surface area contributed by atoms with Gasteiger partial charge < -0.3 is 10.6 Å². The molecule has 28 heavy (non-hydrogen) atoms. The van der Waals surface area contributed by atoms with Crippen LogP contribution in [0.3, 0.4) is 0 Å². The summed E-state index contributed by atoms with van der Waals surface area (Å²) in [5.74, 6) is 0.552. The molecule has 0 aliphatic rings. The summed E-state index contributed by atoms with van der Waals surface area (Å²) in [5.41, 5.74) is 3.55. The van der Waals surface area contributed by atoms with Crippen molar-refractivity contribution < 1.29 is 4.39 Å². The van der Waals surface area contributed by atoms with E-state index < -0.39 is 0 Å². The molecule has 0 saturated heterocycles. The van der Waals surface area contributed by atoms with Gasteiger partial charge in [0.2, 0.25) is 0 Å². The van der Waals surface area contributed by atoms with E-state index in [2.05, 4.69) is 65.7 Å². The van der Waals surface area contributed by atoms with E-state index in [0.717, 1.165) is 24.5 Å². The third-order valence-electron chi connectivity index (χ3n) is 4.68. The van der Waals surface area contributed by atoms with Gasteiger partial charge in [-0.05, 0) is 56.1 Å². The van der Waals surface area contributed by atoms with Gasteiger partial charge in [-0.25, -0.2) is 4.39 Å². The summed E-state index contributed by atoms with van der Waals surface area (Å²) >= 11 is 0. The zero-order chi connectivity index (χ0) is 19.6. The second-order valence-corrected chi connectivity index (χ2v) is 7.01. The van der Waals surface area contributed by atoms with Gasteiger partial charge in [0, 0.05) is 32.7 Å². The summed E-state index contributed by atoms with van der Waals surface area (Å²) in [7, 11) is 3.90. The first-order valence-electron chi connectivity index (χ1n) is 9.45. The second kappa shape index (κ2) is 12.7. The zero-order valence-electron chi connectivity index (χ0n) is 17.2. The molecule has 2 N–H and O–H groups in total. The summed E-state index contributed by atoms with van der Waals surface area (Å²) in [6.45, 7) is 6.72. The van der Waals surface area contributed by atoms with Gasteiger partial charge in [0.15, 0.2) is 5.96 Å². The third kappa shape index (κ3) is 8.14. The Labute approximate surface area is 185 Å². The van der Waals surface area contributed by atoms with Crippen molar-refractivity contribution in [3.8, 4) is 0 Å². The molecule has 6 heteroatoms. The fourth-order valence-electron chi connectivity index (χ4n) is 2.75. The van der Waals surface area contributed by atoms with Crippen molar-refractivity contribution in [1.82, 2.24) is 15.5 Å². The first-order chi connectivity index (χ1) is 13.0. The van der Waals surface area contributed by atoms with E-state index in [1.807, 2.05) is 6.07 Å². The summed E-state index contributed by atoms with van der Waals surface area (Å²) in [5, 5.41) is 6.66. The van der Waals surface area contributed by atoms with Crippen molar-refractivity contribution in [2.45, 2.75) is 39.4 Å². The largest absolute Gasteiger partial charge is 0.356 e. The molecule has 0 spiro atoms. The highest BCUT2D eigenvalue weighted by molar-refractivity contribution is 14.0. The van der Waals surface area contributed by atoms with Crippen molar-refractivity contribution in [2.75, 3.05) is 20.6 Å². The van der Waals surface area contributed by atoms with Gasteiger partial charge in [0.05, 0.1) is 0 Å². The van der Waals surface area contributed by atoms with Gasteiger partial charge in [-0.1, -0.05) is 36.4 Å². The van der Waals surface area contributed by atoms with Crippen LogP contribution in [0.25, 0.3) is 0 Å². The number of hydrogen-bond donors (Lipinski definition) is 2. The number of aliphatic imine (C=N–C) groups is 1. The lowest BCUT2D eigenvalue weighted by molar-refractivity contribution is 0.265. The minimum absolute atomic E-state index is 0. The number of halogens is 2. The summed E-state index contributed by atoms with van der Waals surface area (Å²) in [6.07, 6.45) is 0.744. The maximum Gasteiger partial charge on any atom is 0.191 e. The Bertz CT molecular complexity index is 749. The van der Waals surface area contributed by atoms with Crippen LogP contribution in [0.1, 0.15) is 30.5 Å². The number of nitrogens with one attached hydrogen (secondary N) is 2. The fraction of sp³-hybridized carbons (Fsp3) is 0.409. The first-order valence-corrected chi connectivity index (χ1v) is 9.45. The van der Waals surface area contributed by atoms with Crippen molar-refractivity contribution >= 4 is 29.9 Å². The molecular formula is C22H32FIN4. The van der Waals surface area contributed by atoms with E-state index in [4.69, 9.17) is 0 Å². The fourth-order valence-corrected chi connectivity index (χ4v) is 2.75. The Hall–Kier alpha value is -1.67. The third-order valence-corrected chi connectivity index (χ3v) is 4.68. The van der Waals surface area contributed by atoms with Crippen LogP contribution in [0.4, 0.5) is 4.39 Å². The molecule has 0 aliphatic heterocycles. The molecule has 0 fully saturated rings. The summed E-state index contributed by atoms with van der Waals surface area (Å²) < 4.78 is 13.2. The van der Waals surface area contributed by atoms with E-state index >= 15 is 0 Å². The molecule has 0 atom stereocenters. The molecule has 4 nitrogen and oxygen atoms in total. The van der Waals surface area contributed by atoms with E-state index in [0.29, 0.717) is 19.1 Å². The van der Waals surface area contributed by atoms with Gasteiger partial charge in [-0.3, -0.25) is 9.89 Å². The second-order valence-electron chi connectivity index (χ2n) is 7.01. The highest BCUT2D eigenvalue weighted by Crippen LogP contribution is 2.12. The molecule has 0 bridgehead atoms. The molecule has 2 aromatic rings. The molecule has 0 heterocycles. The van der Waals surface area contributed by atoms with Crippen molar-refractivity contribution in [3.05, 3.63) is 71.0 Å².